The molecule has 4 rings (SSSR count). The molecule has 0 bridgehead atoms. The van der Waals surface area contributed by atoms with E-state index in [1.54, 1.807) is 0 Å². The second-order valence-corrected chi connectivity index (χ2v) is 9.94. The first-order chi connectivity index (χ1) is 15.7. The fraction of sp³-hybridized carbons (Fsp3) is 0.429. The number of Topliss-reactive ketones (excluding diaryl/α,β-unsaturated/α-hetero) is 1. The fourth-order valence-corrected chi connectivity index (χ4v) is 5.33. The molecular formula is C28H34FN3O. The maximum Gasteiger partial charge on any atom is 0.169 e. The number of nitrogens with one attached hydrogen (secondary N) is 1. The SMILES string of the molecule is CCC(CC)(CC(=O)c1c(C)nn2c1NC(c1ccccc1)CC2(C)C)c1ccc(F)cc1. The molecule has 1 N–H and O–H groups in total. The van der Waals surface area contributed by atoms with Crippen LogP contribution in [0, 0.1) is 12.7 Å². The zero-order chi connectivity index (χ0) is 23.8. The third kappa shape index (κ3) is 4.21. The van der Waals surface area contributed by atoms with E-state index in [2.05, 4.69) is 45.1 Å². The second kappa shape index (κ2) is 8.77. The van der Waals surface area contributed by atoms with Crippen LogP contribution < -0.4 is 5.32 Å². The Morgan fingerprint density at radius 2 is 1.76 bits per heavy atom. The molecule has 2 heterocycles. The van der Waals surface area contributed by atoms with Gasteiger partial charge in [0.25, 0.3) is 0 Å². The number of benzene rings is 2. The van der Waals surface area contributed by atoms with Crippen molar-refractivity contribution in [2.24, 2.45) is 0 Å². The minimum atomic E-state index is -0.338. The summed E-state index contributed by atoms with van der Waals surface area (Å²) in [6.45, 7) is 10.5. The molecule has 0 aliphatic carbocycles. The number of halogens is 1. The van der Waals surface area contributed by atoms with Gasteiger partial charge in [-0.1, -0.05) is 56.3 Å². The highest BCUT2D eigenvalue weighted by Crippen LogP contribution is 2.43. The Morgan fingerprint density at radius 3 is 2.36 bits per heavy atom. The van der Waals surface area contributed by atoms with Gasteiger partial charge in [-0.3, -0.25) is 4.79 Å². The lowest BCUT2D eigenvalue weighted by molar-refractivity contribution is 0.0944. The van der Waals surface area contributed by atoms with Crippen molar-refractivity contribution < 1.29 is 9.18 Å². The number of rotatable bonds is 7. The number of hydrogen-bond donors (Lipinski definition) is 1. The largest absolute Gasteiger partial charge is 0.363 e. The van der Waals surface area contributed by atoms with Gasteiger partial charge in [-0.15, -0.1) is 0 Å². The van der Waals surface area contributed by atoms with Crippen LogP contribution in [-0.4, -0.2) is 15.6 Å². The van der Waals surface area contributed by atoms with Crippen LogP contribution in [0.4, 0.5) is 10.2 Å². The van der Waals surface area contributed by atoms with Crippen LogP contribution in [0.25, 0.3) is 0 Å². The molecule has 0 saturated carbocycles. The normalized spacial score (nSPS) is 17.3. The molecule has 0 amide bonds. The third-order valence-electron chi connectivity index (χ3n) is 7.44. The summed E-state index contributed by atoms with van der Waals surface area (Å²) in [5, 5.41) is 8.44. The highest BCUT2D eigenvalue weighted by Gasteiger charge is 2.39. The van der Waals surface area contributed by atoms with Gasteiger partial charge in [-0.05, 0) is 63.3 Å². The summed E-state index contributed by atoms with van der Waals surface area (Å²) in [5.74, 6) is 0.632. The maximum absolute atomic E-state index is 13.9. The number of carbonyl (C=O) groups excluding carboxylic acids is 1. The molecule has 0 spiro atoms. The first-order valence-electron chi connectivity index (χ1n) is 11.9. The van der Waals surface area contributed by atoms with Gasteiger partial charge < -0.3 is 5.32 Å². The number of hydrogen-bond acceptors (Lipinski definition) is 3. The summed E-state index contributed by atoms with van der Waals surface area (Å²) in [7, 11) is 0. The van der Waals surface area contributed by atoms with E-state index in [4.69, 9.17) is 5.10 Å². The number of aryl methyl sites for hydroxylation is 1. The molecule has 4 nitrogen and oxygen atoms in total. The van der Waals surface area contributed by atoms with E-state index in [9.17, 15) is 9.18 Å². The van der Waals surface area contributed by atoms with Crippen LogP contribution in [0.5, 0.6) is 0 Å². The number of anilines is 1. The molecule has 1 atom stereocenters. The Morgan fingerprint density at radius 1 is 1.12 bits per heavy atom. The molecular weight excluding hydrogens is 413 g/mol. The van der Waals surface area contributed by atoms with Crippen LogP contribution in [0.3, 0.4) is 0 Å². The third-order valence-corrected chi connectivity index (χ3v) is 7.44. The Labute approximate surface area is 196 Å². The van der Waals surface area contributed by atoms with Crippen molar-refractivity contribution in [3.8, 4) is 0 Å². The number of fused-ring (bicyclic) bond motifs is 1. The highest BCUT2D eigenvalue weighted by atomic mass is 19.1. The lowest BCUT2D eigenvalue weighted by Gasteiger charge is -2.38. The second-order valence-electron chi connectivity index (χ2n) is 9.94. The van der Waals surface area contributed by atoms with Crippen LogP contribution in [0.1, 0.15) is 86.6 Å². The van der Waals surface area contributed by atoms with Crippen molar-refractivity contribution in [3.63, 3.8) is 0 Å². The first-order valence-corrected chi connectivity index (χ1v) is 11.9. The van der Waals surface area contributed by atoms with Gasteiger partial charge in [0.05, 0.1) is 22.8 Å². The summed E-state index contributed by atoms with van der Waals surface area (Å²) < 4.78 is 15.6. The smallest absolute Gasteiger partial charge is 0.169 e. The number of ketones is 1. The van der Waals surface area contributed by atoms with E-state index in [1.807, 2.05) is 41.9 Å². The van der Waals surface area contributed by atoms with Crippen molar-refractivity contribution in [2.75, 3.05) is 5.32 Å². The van der Waals surface area contributed by atoms with Crippen molar-refractivity contribution in [2.45, 2.75) is 77.3 Å². The van der Waals surface area contributed by atoms with Crippen LogP contribution in [0.15, 0.2) is 54.6 Å². The van der Waals surface area contributed by atoms with Crippen molar-refractivity contribution in [1.82, 2.24) is 9.78 Å². The van der Waals surface area contributed by atoms with E-state index in [1.165, 1.54) is 17.7 Å². The predicted octanol–water partition coefficient (Wildman–Crippen LogP) is 6.95. The van der Waals surface area contributed by atoms with Crippen LogP contribution >= 0.6 is 0 Å². The summed E-state index contributed by atoms with van der Waals surface area (Å²) >= 11 is 0. The zero-order valence-electron chi connectivity index (χ0n) is 20.3. The first kappa shape index (κ1) is 23.2. The van der Waals surface area contributed by atoms with Gasteiger partial charge in [0, 0.05) is 11.8 Å². The molecule has 3 aromatic rings. The standard InChI is InChI=1S/C28H34FN3O/c1-6-28(7-2,21-13-15-22(29)16-14-21)18-24(33)25-19(3)31-32-26(25)30-23(17-27(32,4)5)20-11-9-8-10-12-20/h8-16,23,30H,6-7,17-18H2,1-5H3. The van der Waals surface area contributed by atoms with Crippen LogP contribution in [0.2, 0.25) is 0 Å². The molecule has 2 aromatic carbocycles. The number of nitrogens with zero attached hydrogens (tertiary/aromatic N) is 2. The van der Waals surface area contributed by atoms with E-state index in [0.29, 0.717) is 12.0 Å². The highest BCUT2D eigenvalue weighted by molar-refractivity contribution is 6.02. The molecule has 33 heavy (non-hydrogen) atoms. The van der Waals surface area contributed by atoms with E-state index < -0.39 is 0 Å². The van der Waals surface area contributed by atoms with E-state index >= 15 is 0 Å². The summed E-state index contributed by atoms with van der Waals surface area (Å²) in [5.41, 5.74) is 3.08. The quantitative estimate of drug-likeness (QED) is 0.399. The molecule has 1 unspecified atom stereocenters. The van der Waals surface area contributed by atoms with Gasteiger partial charge in [0.15, 0.2) is 5.78 Å². The molecule has 1 aliphatic rings. The minimum absolute atomic E-state index is 0.0822. The summed E-state index contributed by atoms with van der Waals surface area (Å²) in [4.78, 5) is 13.9. The summed E-state index contributed by atoms with van der Waals surface area (Å²) in [6.07, 6.45) is 2.84. The number of carbonyl (C=O) groups is 1. The lowest BCUT2D eigenvalue weighted by Crippen LogP contribution is -2.38. The van der Waals surface area contributed by atoms with Gasteiger partial charge in [0.2, 0.25) is 0 Å². The van der Waals surface area contributed by atoms with Gasteiger partial charge >= 0.3 is 0 Å². The molecule has 5 heteroatoms. The Kier molecular flexibility index (Phi) is 6.17. The van der Waals surface area contributed by atoms with E-state index in [0.717, 1.165) is 36.3 Å². The molecule has 1 aromatic heterocycles. The fourth-order valence-electron chi connectivity index (χ4n) is 5.33. The Hall–Kier alpha value is -2.95. The molecule has 0 fully saturated rings. The van der Waals surface area contributed by atoms with Crippen molar-refractivity contribution >= 4 is 11.6 Å². The molecule has 0 saturated heterocycles. The van der Waals surface area contributed by atoms with Gasteiger partial charge in [-0.25, -0.2) is 9.07 Å². The average Bonchev–Trinajstić information content (AvgIpc) is 3.15. The average molecular weight is 448 g/mol. The Balaban J connectivity index is 1.72. The van der Waals surface area contributed by atoms with Gasteiger partial charge in [-0.2, -0.15) is 5.10 Å². The number of aromatic nitrogens is 2. The zero-order valence-corrected chi connectivity index (χ0v) is 20.3. The lowest BCUT2D eigenvalue weighted by atomic mass is 9.71. The van der Waals surface area contributed by atoms with Gasteiger partial charge in [0.1, 0.15) is 11.6 Å². The molecule has 1 aliphatic heterocycles. The monoisotopic (exact) mass is 447 g/mol. The molecule has 174 valence electrons. The Bertz CT molecular complexity index is 1130. The van der Waals surface area contributed by atoms with Crippen molar-refractivity contribution in [3.05, 3.63) is 82.8 Å². The van der Waals surface area contributed by atoms with Crippen molar-refractivity contribution in [1.29, 1.82) is 0 Å². The topological polar surface area (TPSA) is 46.9 Å². The van der Waals surface area contributed by atoms with Crippen LogP contribution in [-0.2, 0) is 11.0 Å². The predicted molar refractivity (Wildman–Crippen MR) is 131 cm³/mol. The van der Waals surface area contributed by atoms with E-state index in [-0.39, 0.29) is 28.6 Å². The maximum atomic E-state index is 13.9. The summed E-state index contributed by atoms with van der Waals surface area (Å²) in [6, 6.07) is 17.1. The minimum Gasteiger partial charge on any atom is -0.363 e. The molecule has 0 radical (unpaired) electrons.